The van der Waals surface area contributed by atoms with Crippen LogP contribution in [-0.4, -0.2) is 16.0 Å². The molecule has 0 aliphatic carbocycles. The second kappa shape index (κ2) is 15.2. The molecule has 1 aliphatic heterocycles. The number of non-ortho nitro benzene ring substituents is 1. The highest BCUT2D eigenvalue weighted by Gasteiger charge is 2.44. The first-order valence-corrected chi connectivity index (χ1v) is 15.7. The third-order valence-corrected chi connectivity index (χ3v) is 8.25. The number of nitro benzene ring substituents is 1. The lowest BCUT2D eigenvalue weighted by atomic mass is 9.79. The third kappa shape index (κ3) is 7.60. The van der Waals surface area contributed by atoms with Gasteiger partial charge in [0, 0.05) is 43.2 Å². The summed E-state index contributed by atoms with van der Waals surface area (Å²) >= 11 is 0. The number of cyclic esters (lactones) is 1. The van der Waals surface area contributed by atoms with Gasteiger partial charge in [-0.05, 0) is 47.2 Å². The molecule has 0 saturated heterocycles. The maximum atomic E-state index is 13.7. The average Bonchev–Trinajstić information content (AvgIpc) is 3.08. The SMILES string of the molecule is CC.CCC(C1=C(O)CC(CC)(c2cccc(N(Cc3ccccc3)Cc3ccccc3)c2)OC1=O)c1cccc([N+](=O)[O-])c1. The molecule has 1 heterocycles. The summed E-state index contributed by atoms with van der Waals surface area (Å²) < 4.78 is 6.24. The van der Waals surface area contributed by atoms with Crippen molar-refractivity contribution in [3.8, 4) is 0 Å². The lowest BCUT2D eigenvalue weighted by molar-refractivity contribution is -0.384. The molecule has 5 rings (SSSR count). The van der Waals surface area contributed by atoms with Gasteiger partial charge in [-0.1, -0.05) is 113 Å². The molecule has 4 aromatic rings. The number of nitro groups is 1. The Morgan fingerprint density at radius 3 is 2.00 bits per heavy atom. The molecular formula is C38H42N2O5. The van der Waals surface area contributed by atoms with Crippen molar-refractivity contribution in [2.75, 3.05) is 4.90 Å². The van der Waals surface area contributed by atoms with Gasteiger partial charge in [0.1, 0.15) is 11.4 Å². The van der Waals surface area contributed by atoms with E-state index in [1.165, 1.54) is 23.3 Å². The van der Waals surface area contributed by atoms with Gasteiger partial charge in [0.25, 0.3) is 5.69 Å². The van der Waals surface area contributed by atoms with E-state index in [-0.39, 0.29) is 23.4 Å². The molecule has 7 nitrogen and oxygen atoms in total. The summed E-state index contributed by atoms with van der Waals surface area (Å²) in [6, 6.07) is 34.8. The Balaban J connectivity index is 0.00000226. The molecule has 1 N–H and O–H groups in total. The van der Waals surface area contributed by atoms with Crippen LogP contribution in [0.15, 0.2) is 121 Å². The van der Waals surface area contributed by atoms with Crippen LogP contribution in [0, 0.1) is 10.1 Å². The van der Waals surface area contributed by atoms with Crippen LogP contribution < -0.4 is 4.90 Å². The fraction of sp³-hybridized carbons (Fsp3) is 0.289. The number of benzene rings is 4. The summed E-state index contributed by atoms with van der Waals surface area (Å²) in [7, 11) is 0. The number of rotatable bonds is 11. The number of esters is 1. The number of hydrogen-bond acceptors (Lipinski definition) is 6. The zero-order chi connectivity index (χ0) is 32.4. The van der Waals surface area contributed by atoms with Gasteiger partial charge in [0.15, 0.2) is 0 Å². The summed E-state index contributed by atoms with van der Waals surface area (Å²) in [4.78, 5) is 26.9. The Kier molecular flexibility index (Phi) is 11.1. The van der Waals surface area contributed by atoms with Gasteiger partial charge >= 0.3 is 5.97 Å². The van der Waals surface area contributed by atoms with Gasteiger partial charge in [-0.15, -0.1) is 0 Å². The minimum Gasteiger partial charge on any atom is -0.512 e. The minimum absolute atomic E-state index is 0.0349. The first-order valence-electron chi connectivity index (χ1n) is 15.7. The van der Waals surface area contributed by atoms with E-state index in [0.717, 1.165) is 11.3 Å². The van der Waals surface area contributed by atoms with Crippen LogP contribution in [0.3, 0.4) is 0 Å². The van der Waals surface area contributed by atoms with Crippen LogP contribution in [0.1, 0.15) is 75.1 Å². The maximum Gasteiger partial charge on any atom is 0.338 e. The summed E-state index contributed by atoms with van der Waals surface area (Å²) in [5, 5.41) is 22.8. The van der Waals surface area contributed by atoms with Gasteiger partial charge in [-0.2, -0.15) is 0 Å². The van der Waals surface area contributed by atoms with Crippen LogP contribution in [0.25, 0.3) is 0 Å². The standard InChI is InChI=1S/C36H36N2O5.C2H6/c1-3-32(28-17-11-20-31(21-28)38(41)42)34-33(39)23-36(4-2,43-35(34)40)29-18-12-19-30(22-29)37(24-26-13-7-5-8-14-26)25-27-15-9-6-10-16-27;1-2/h5-22,32,39H,3-4,23-25H2,1-2H3;1-2H3. The van der Waals surface area contributed by atoms with Gasteiger partial charge in [0.2, 0.25) is 0 Å². The molecule has 0 saturated carbocycles. The van der Waals surface area contributed by atoms with Gasteiger partial charge in [-0.25, -0.2) is 4.79 Å². The number of ether oxygens (including phenoxy) is 1. The number of carbonyl (C=O) groups is 1. The molecule has 2 unspecified atom stereocenters. The molecule has 1 aliphatic rings. The molecule has 0 radical (unpaired) electrons. The molecule has 45 heavy (non-hydrogen) atoms. The van der Waals surface area contributed by atoms with Gasteiger partial charge in [-0.3, -0.25) is 10.1 Å². The zero-order valence-corrected chi connectivity index (χ0v) is 26.5. The second-order valence-corrected chi connectivity index (χ2v) is 11.0. The van der Waals surface area contributed by atoms with Gasteiger partial charge < -0.3 is 14.7 Å². The molecule has 0 bridgehead atoms. The van der Waals surface area contributed by atoms with E-state index in [2.05, 4.69) is 41.3 Å². The van der Waals surface area contributed by atoms with E-state index < -0.39 is 22.4 Å². The number of hydrogen-bond donors (Lipinski definition) is 1. The van der Waals surface area contributed by atoms with Crippen LogP contribution in [-0.2, 0) is 28.2 Å². The molecule has 0 fully saturated rings. The molecular weight excluding hydrogens is 564 g/mol. The Hall–Kier alpha value is -4.91. The van der Waals surface area contributed by atoms with E-state index in [0.29, 0.717) is 31.5 Å². The molecule has 4 aromatic carbocycles. The fourth-order valence-electron chi connectivity index (χ4n) is 5.95. The van der Waals surface area contributed by atoms with E-state index in [1.807, 2.05) is 76.2 Å². The van der Waals surface area contributed by atoms with Crippen molar-refractivity contribution in [3.05, 3.63) is 153 Å². The number of nitrogens with zero attached hydrogens (tertiary/aromatic N) is 2. The normalized spacial score (nSPS) is 16.7. The maximum absolute atomic E-state index is 13.7. The molecule has 234 valence electrons. The van der Waals surface area contributed by atoms with Crippen molar-refractivity contribution >= 4 is 17.3 Å². The Morgan fingerprint density at radius 1 is 0.867 bits per heavy atom. The van der Waals surface area contributed by atoms with Crippen molar-refractivity contribution in [1.82, 2.24) is 0 Å². The second-order valence-electron chi connectivity index (χ2n) is 11.0. The number of aliphatic hydroxyl groups is 1. The molecule has 2 atom stereocenters. The summed E-state index contributed by atoms with van der Waals surface area (Å²) in [6.45, 7) is 9.21. The highest BCUT2D eigenvalue weighted by molar-refractivity contribution is 5.92. The first-order chi connectivity index (χ1) is 21.8. The molecule has 0 amide bonds. The minimum atomic E-state index is -1.05. The third-order valence-electron chi connectivity index (χ3n) is 8.25. The van der Waals surface area contributed by atoms with Crippen LogP contribution in [0.2, 0.25) is 0 Å². The zero-order valence-electron chi connectivity index (χ0n) is 26.5. The highest BCUT2D eigenvalue weighted by Crippen LogP contribution is 2.45. The summed E-state index contributed by atoms with van der Waals surface area (Å²) in [5.41, 5.74) is 3.79. The average molecular weight is 607 g/mol. The predicted molar refractivity (Wildman–Crippen MR) is 179 cm³/mol. The Bertz CT molecular complexity index is 1580. The van der Waals surface area contributed by atoms with Crippen molar-refractivity contribution in [1.29, 1.82) is 0 Å². The van der Waals surface area contributed by atoms with Crippen LogP contribution >= 0.6 is 0 Å². The lowest BCUT2D eigenvalue weighted by Gasteiger charge is -2.39. The van der Waals surface area contributed by atoms with E-state index in [4.69, 9.17) is 4.74 Å². The Labute approximate surface area is 266 Å². The van der Waals surface area contributed by atoms with E-state index in [1.54, 1.807) is 12.1 Å². The smallest absolute Gasteiger partial charge is 0.338 e. The number of anilines is 1. The highest BCUT2D eigenvalue weighted by atomic mass is 16.6. The van der Waals surface area contributed by atoms with Crippen LogP contribution in [0.4, 0.5) is 11.4 Å². The van der Waals surface area contributed by atoms with Crippen molar-refractivity contribution in [2.24, 2.45) is 0 Å². The monoisotopic (exact) mass is 606 g/mol. The quantitative estimate of drug-likeness (QED) is 0.104. The topological polar surface area (TPSA) is 92.9 Å². The van der Waals surface area contributed by atoms with Gasteiger partial charge in [0.05, 0.1) is 10.5 Å². The summed E-state index contributed by atoms with van der Waals surface area (Å²) in [6.07, 6.45) is 1.06. The van der Waals surface area contributed by atoms with Crippen molar-refractivity contribution in [2.45, 2.75) is 71.6 Å². The predicted octanol–water partition coefficient (Wildman–Crippen LogP) is 9.39. The van der Waals surface area contributed by atoms with Crippen molar-refractivity contribution in [3.63, 3.8) is 0 Å². The van der Waals surface area contributed by atoms with E-state index in [9.17, 15) is 20.0 Å². The molecule has 7 heteroatoms. The number of carbonyl (C=O) groups excluding carboxylic acids is 1. The fourth-order valence-corrected chi connectivity index (χ4v) is 5.95. The lowest BCUT2D eigenvalue weighted by Crippen LogP contribution is -2.38. The molecule has 0 aromatic heterocycles. The van der Waals surface area contributed by atoms with Crippen LogP contribution in [0.5, 0.6) is 0 Å². The Morgan fingerprint density at radius 2 is 1.47 bits per heavy atom. The van der Waals surface area contributed by atoms with Crippen molar-refractivity contribution < 1.29 is 19.6 Å². The largest absolute Gasteiger partial charge is 0.512 e. The number of aliphatic hydroxyl groups excluding tert-OH is 1. The molecule has 0 spiro atoms. The first kappa shape index (κ1) is 33.0. The van der Waals surface area contributed by atoms with E-state index >= 15 is 0 Å². The summed E-state index contributed by atoms with van der Waals surface area (Å²) in [5.74, 6) is -1.16.